The second-order valence-corrected chi connectivity index (χ2v) is 4.10. The summed E-state index contributed by atoms with van der Waals surface area (Å²) in [5.41, 5.74) is 6.05. The van der Waals surface area contributed by atoms with Gasteiger partial charge >= 0.3 is 0 Å². The number of aromatic hydroxyl groups is 1. The Bertz CT molecular complexity index is 571. The van der Waals surface area contributed by atoms with Crippen LogP contribution in [0.4, 0.5) is 10.2 Å². The predicted molar refractivity (Wildman–Crippen MR) is 64.3 cm³/mol. The van der Waals surface area contributed by atoms with E-state index in [-0.39, 0.29) is 22.9 Å². The second-order valence-electron chi connectivity index (χ2n) is 3.31. The van der Waals surface area contributed by atoms with Gasteiger partial charge in [0.05, 0.1) is 22.8 Å². The number of H-pyrrole nitrogens is 1. The number of nitrogens with two attached hydrogens (primary N) is 1. The highest BCUT2D eigenvalue weighted by Gasteiger charge is 2.19. The fourth-order valence-electron chi connectivity index (χ4n) is 1.49. The van der Waals surface area contributed by atoms with Crippen LogP contribution in [0.25, 0.3) is 11.3 Å². The van der Waals surface area contributed by atoms with Crippen molar-refractivity contribution in [1.82, 2.24) is 10.2 Å². The Kier molecular flexibility index (Phi) is 2.93. The van der Waals surface area contributed by atoms with E-state index in [0.717, 1.165) is 6.07 Å². The summed E-state index contributed by atoms with van der Waals surface area (Å²) in [5, 5.41) is 15.8. The zero-order valence-corrected chi connectivity index (χ0v) is 10.4. The highest BCUT2D eigenvalue weighted by Crippen LogP contribution is 2.42. The summed E-state index contributed by atoms with van der Waals surface area (Å²) in [5.74, 6) is -0.500. The minimum Gasteiger partial charge on any atom is -0.504 e. The molecule has 0 aliphatic rings. The van der Waals surface area contributed by atoms with Crippen LogP contribution < -0.4 is 10.5 Å². The first kappa shape index (κ1) is 11.7. The lowest BCUT2D eigenvalue weighted by Gasteiger charge is -2.10. The van der Waals surface area contributed by atoms with Crippen molar-refractivity contribution < 1.29 is 14.2 Å². The van der Waals surface area contributed by atoms with Crippen LogP contribution in [0.2, 0.25) is 0 Å². The van der Waals surface area contributed by atoms with Crippen LogP contribution in [0.1, 0.15) is 0 Å². The van der Waals surface area contributed by atoms with Crippen molar-refractivity contribution in [3.05, 3.63) is 22.4 Å². The molecule has 0 spiro atoms. The van der Waals surface area contributed by atoms with Crippen LogP contribution in [-0.2, 0) is 0 Å². The molecule has 0 saturated carbocycles. The maximum absolute atomic E-state index is 13.8. The number of benzene rings is 1. The van der Waals surface area contributed by atoms with Crippen LogP contribution in [0, 0.1) is 5.82 Å². The first-order valence-corrected chi connectivity index (χ1v) is 5.40. The molecule has 0 saturated heterocycles. The molecule has 0 bridgehead atoms. The van der Waals surface area contributed by atoms with Crippen molar-refractivity contribution in [2.75, 3.05) is 12.8 Å². The summed E-state index contributed by atoms with van der Waals surface area (Å²) in [7, 11) is 1.38. The topological polar surface area (TPSA) is 84.2 Å². The number of methoxy groups -OCH3 is 1. The van der Waals surface area contributed by atoms with E-state index in [1.54, 1.807) is 0 Å². The maximum Gasteiger partial charge on any atom is 0.175 e. The van der Waals surface area contributed by atoms with Gasteiger partial charge in [0.15, 0.2) is 11.5 Å². The van der Waals surface area contributed by atoms with Crippen LogP contribution in [0.3, 0.4) is 0 Å². The number of halogens is 2. The van der Waals surface area contributed by atoms with Gasteiger partial charge in [-0.2, -0.15) is 5.10 Å². The monoisotopic (exact) mass is 301 g/mol. The first-order valence-electron chi connectivity index (χ1n) is 4.60. The molecule has 1 heterocycles. The fraction of sp³-hybridized carbons (Fsp3) is 0.100. The molecular weight excluding hydrogens is 293 g/mol. The largest absolute Gasteiger partial charge is 0.504 e. The van der Waals surface area contributed by atoms with E-state index in [4.69, 9.17) is 10.5 Å². The second kappa shape index (κ2) is 4.25. The number of nitrogens with zero attached hydrogens (tertiary/aromatic N) is 1. The van der Waals surface area contributed by atoms with Crippen LogP contribution in [0.5, 0.6) is 11.5 Å². The molecule has 0 unspecified atom stereocenters. The lowest BCUT2D eigenvalue weighted by atomic mass is 10.1. The fourth-order valence-corrected chi connectivity index (χ4v) is 2.26. The predicted octanol–water partition coefficient (Wildman–Crippen LogP) is 2.27. The summed E-state index contributed by atoms with van der Waals surface area (Å²) in [6.45, 7) is 0. The molecule has 17 heavy (non-hydrogen) atoms. The summed E-state index contributed by atoms with van der Waals surface area (Å²) in [6, 6.07) is 2.45. The quantitative estimate of drug-likeness (QED) is 0.794. The van der Waals surface area contributed by atoms with Gasteiger partial charge in [-0.3, -0.25) is 5.10 Å². The zero-order chi connectivity index (χ0) is 12.6. The summed E-state index contributed by atoms with van der Waals surface area (Å²) in [6.07, 6.45) is 0. The number of hydrogen-bond donors (Lipinski definition) is 3. The number of phenolic OH excluding ortho intramolecular Hbond substituents is 1. The highest BCUT2D eigenvalue weighted by atomic mass is 79.9. The van der Waals surface area contributed by atoms with Gasteiger partial charge in [0, 0.05) is 12.1 Å². The number of nitrogens with one attached hydrogen (secondary N) is 1. The molecule has 4 N–H and O–H groups in total. The van der Waals surface area contributed by atoms with Gasteiger partial charge in [0.1, 0.15) is 11.6 Å². The molecule has 1 aromatic heterocycles. The average Bonchev–Trinajstić information content (AvgIpc) is 2.64. The van der Waals surface area contributed by atoms with E-state index in [2.05, 4.69) is 26.1 Å². The smallest absolute Gasteiger partial charge is 0.175 e. The van der Waals surface area contributed by atoms with E-state index in [0.29, 0.717) is 10.2 Å². The molecule has 90 valence electrons. The van der Waals surface area contributed by atoms with Crippen molar-refractivity contribution in [3.8, 4) is 22.8 Å². The Morgan fingerprint density at radius 3 is 2.76 bits per heavy atom. The number of aromatic amines is 1. The van der Waals surface area contributed by atoms with E-state index < -0.39 is 5.82 Å². The summed E-state index contributed by atoms with van der Waals surface area (Å²) < 4.78 is 19.1. The number of rotatable bonds is 2. The summed E-state index contributed by atoms with van der Waals surface area (Å²) >= 11 is 3.18. The SMILES string of the molecule is COc1c(O)cc(F)c(-c2cc(N)n[nH]2)c1Br. The summed E-state index contributed by atoms with van der Waals surface area (Å²) in [4.78, 5) is 0. The first-order chi connectivity index (χ1) is 8.04. The minimum atomic E-state index is -0.612. The van der Waals surface area contributed by atoms with Crippen molar-refractivity contribution in [3.63, 3.8) is 0 Å². The van der Waals surface area contributed by atoms with Crippen molar-refractivity contribution in [2.45, 2.75) is 0 Å². The number of ether oxygens (including phenoxy) is 1. The van der Waals surface area contributed by atoms with Gasteiger partial charge in [-0.05, 0) is 15.9 Å². The average molecular weight is 302 g/mol. The third kappa shape index (κ3) is 1.93. The Labute approximate surface area is 105 Å². The normalized spacial score (nSPS) is 10.5. The number of phenols is 1. The number of nitrogen functional groups attached to an aromatic ring is 1. The lowest BCUT2D eigenvalue weighted by Crippen LogP contribution is -1.92. The molecule has 0 atom stereocenters. The van der Waals surface area contributed by atoms with E-state index in [1.165, 1.54) is 13.2 Å². The van der Waals surface area contributed by atoms with Crippen LogP contribution in [0.15, 0.2) is 16.6 Å². The number of hydrogen-bond acceptors (Lipinski definition) is 4. The van der Waals surface area contributed by atoms with Crippen LogP contribution in [-0.4, -0.2) is 22.4 Å². The molecular formula is C10H9BrFN3O2. The van der Waals surface area contributed by atoms with Crippen LogP contribution >= 0.6 is 15.9 Å². The molecule has 7 heteroatoms. The Hall–Kier alpha value is -1.76. The van der Waals surface area contributed by atoms with Gasteiger partial charge in [0.2, 0.25) is 0 Å². The molecule has 0 aliphatic heterocycles. The van der Waals surface area contributed by atoms with E-state index in [9.17, 15) is 9.50 Å². The third-order valence-corrected chi connectivity index (χ3v) is 2.98. The molecule has 0 amide bonds. The molecule has 0 fully saturated rings. The minimum absolute atomic E-state index is 0.148. The zero-order valence-electron chi connectivity index (χ0n) is 8.79. The van der Waals surface area contributed by atoms with Gasteiger partial charge in [-0.25, -0.2) is 4.39 Å². The van der Waals surface area contributed by atoms with Gasteiger partial charge in [-0.1, -0.05) is 0 Å². The van der Waals surface area contributed by atoms with Crippen molar-refractivity contribution >= 4 is 21.7 Å². The van der Waals surface area contributed by atoms with Crippen molar-refractivity contribution in [2.24, 2.45) is 0 Å². The third-order valence-electron chi connectivity index (χ3n) is 2.22. The highest BCUT2D eigenvalue weighted by molar-refractivity contribution is 9.10. The lowest BCUT2D eigenvalue weighted by molar-refractivity contribution is 0.369. The van der Waals surface area contributed by atoms with Gasteiger partial charge in [0.25, 0.3) is 0 Å². The molecule has 2 rings (SSSR count). The molecule has 2 aromatic rings. The molecule has 5 nitrogen and oxygen atoms in total. The van der Waals surface area contributed by atoms with E-state index in [1.807, 2.05) is 0 Å². The van der Waals surface area contributed by atoms with Gasteiger partial charge < -0.3 is 15.6 Å². The van der Waals surface area contributed by atoms with Gasteiger partial charge in [-0.15, -0.1) is 0 Å². The molecule has 0 aliphatic carbocycles. The van der Waals surface area contributed by atoms with E-state index >= 15 is 0 Å². The Balaban J connectivity index is 2.69. The Morgan fingerprint density at radius 2 is 2.24 bits per heavy atom. The maximum atomic E-state index is 13.8. The molecule has 0 radical (unpaired) electrons. The van der Waals surface area contributed by atoms with Crippen molar-refractivity contribution in [1.29, 1.82) is 0 Å². The Morgan fingerprint density at radius 1 is 1.53 bits per heavy atom. The standard InChI is InChI=1S/C10H9BrFN3O2/c1-17-10-6(16)2-4(12)8(9(10)11)5-3-7(13)15-14-5/h2-3,16H,1H3,(H3,13,14,15). The number of anilines is 1. The molecule has 1 aromatic carbocycles. The number of aromatic nitrogens is 2.